The number of rotatable bonds is 4. The van der Waals surface area contributed by atoms with Crippen molar-refractivity contribution in [1.82, 2.24) is 15.0 Å². The maximum absolute atomic E-state index is 11.8. The lowest BCUT2D eigenvalue weighted by molar-refractivity contribution is -0.119. The summed E-state index contributed by atoms with van der Waals surface area (Å²) in [6.07, 6.45) is 0.926. The molecule has 0 aliphatic carbocycles. The van der Waals surface area contributed by atoms with Gasteiger partial charge in [0.25, 0.3) is 11.5 Å². The molecule has 3 N–H and O–H groups in total. The van der Waals surface area contributed by atoms with Crippen molar-refractivity contribution in [2.24, 2.45) is 0 Å². The maximum Gasteiger partial charge on any atom is 0.345 e. The molecule has 1 amide bonds. The van der Waals surface area contributed by atoms with Gasteiger partial charge in [0.05, 0.1) is 10.2 Å². The highest BCUT2D eigenvalue weighted by Crippen LogP contribution is 2.25. The Bertz CT molecular complexity index is 1000. The highest BCUT2D eigenvalue weighted by atomic mass is 32.1. The molecule has 0 saturated carbocycles. The fourth-order valence-corrected chi connectivity index (χ4v) is 2.73. The number of hydrogen-bond acceptors (Lipinski definition) is 7. The van der Waals surface area contributed by atoms with Gasteiger partial charge in [-0.05, 0) is 12.1 Å². The fourth-order valence-electron chi connectivity index (χ4n) is 1.85. The average Bonchev–Trinajstić information content (AvgIpc) is 2.94. The van der Waals surface area contributed by atoms with Crippen LogP contribution in [0.1, 0.15) is 10.4 Å². The summed E-state index contributed by atoms with van der Waals surface area (Å²) in [4.78, 5) is 54.1. The van der Waals surface area contributed by atoms with E-state index in [1.54, 1.807) is 0 Å². The number of benzene rings is 1. The van der Waals surface area contributed by atoms with E-state index < -0.39 is 35.3 Å². The predicted molar refractivity (Wildman–Crippen MR) is 86.2 cm³/mol. The first-order chi connectivity index (χ1) is 11.5. The van der Waals surface area contributed by atoms with Gasteiger partial charge in [0.1, 0.15) is 5.56 Å². The van der Waals surface area contributed by atoms with Gasteiger partial charge in [0.15, 0.2) is 11.7 Å². The van der Waals surface area contributed by atoms with Crippen LogP contribution in [-0.4, -0.2) is 33.4 Å². The summed E-state index contributed by atoms with van der Waals surface area (Å²) in [6, 6.07) is 7.36. The molecule has 24 heavy (non-hydrogen) atoms. The number of para-hydroxylation sites is 1. The molecule has 9 nitrogen and oxygen atoms in total. The van der Waals surface area contributed by atoms with E-state index in [2.05, 4.69) is 15.3 Å². The number of hydrogen-bond donors (Lipinski definition) is 3. The van der Waals surface area contributed by atoms with Gasteiger partial charge in [-0.25, -0.2) is 14.6 Å². The van der Waals surface area contributed by atoms with E-state index in [1.165, 1.54) is 11.3 Å². The Morgan fingerprint density at radius 2 is 2.04 bits per heavy atom. The molecule has 2 heterocycles. The van der Waals surface area contributed by atoms with Crippen LogP contribution in [0.25, 0.3) is 10.2 Å². The van der Waals surface area contributed by atoms with E-state index >= 15 is 0 Å². The lowest BCUT2D eigenvalue weighted by atomic mass is 10.3. The summed E-state index contributed by atoms with van der Waals surface area (Å²) in [5, 5.41) is 2.88. The Labute approximate surface area is 137 Å². The maximum atomic E-state index is 11.8. The van der Waals surface area contributed by atoms with E-state index in [4.69, 9.17) is 4.74 Å². The van der Waals surface area contributed by atoms with Gasteiger partial charge < -0.3 is 9.72 Å². The van der Waals surface area contributed by atoms with Gasteiger partial charge in [-0.2, -0.15) is 0 Å². The van der Waals surface area contributed by atoms with Crippen molar-refractivity contribution in [1.29, 1.82) is 0 Å². The van der Waals surface area contributed by atoms with E-state index in [1.807, 2.05) is 29.2 Å². The normalized spacial score (nSPS) is 10.5. The summed E-state index contributed by atoms with van der Waals surface area (Å²) in [5.41, 5.74) is -1.29. The average molecular weight is 346 g/mol. The minimum atomic E-state index is -1.02. The van der Waals surface area contributed by atoms with Gasteiger partial charge in [-0.3, -0.25) is 19.9 Å². The molecule has 0 radical (unpaired) electrons. The highest BCUT2D eigenvalue weighted by Gasteiger charge is 2.15. The molecule has 0 unspecified atom stereocenters. The first-order valence-corrected chi connectivity index (χ1v) is 7.49. The van der Waals surface area contributed by atoms with Crippen LogP contribution in [-0.2, 0) is 9.53 Å². The zero-order valence-electron chi connectivity index (χ0n) is 12.0. The first-order valence-electron chi connectivity index (χ1n) is 6.67. The Balaban J connectivity index is 1.61. The summed E-state index contributed by atoms with van der Waals surface area (Å²) in [6.45, 7) is -0.590. The monoisotopic (exact) mass is 346 g/mol. The number of nitrogens with zero attached hydrogens (tertiary/aromatic N) is 1. The fraction of sp³-hybridized carbons (Fsp3) is 0.0714. The number of nitrogens with one attached hydrogen (secondary N) is 3. The molecule has 0 aliphatic heterocycles. The van der Waals surface area contributed by atoms with Gasteiger partial charge >= 0.3 is 11.7 Å². The molecule has 122 valence electrons. The van der Waals surface area contributed by atoms with E-state index in [9.17, 15) is 19.2 Å². The van der Waals surface area contributed by atoms with Crippen LogP contribution in [0.3, 0.4) is 0 Å². The number of thiazole rings is 1. The first kappa shape index (κ1) is 15.6. The largest absolute Gasteiger partial charge is 0.452 e. The third kappa shape index (κ3) is 3.38. The molecule has 3 rings (SSSR count). The zero-order valence-corrected chi connectivity index (χ0v) is 12.8. The molecular formula is C14H10N4O5S. The third-order valence-corrected chi connectivity index (χ3v) is 3.87. The van der Waals surface area contributed by atoms with Crippen LogP contribution < -0.4 is 16.6 Å². The molecular weight excluding hydrogens is 336 g/mol. The van der Waals surface area contributed by atoms with E-state index in [0.717, 1.165) is 16.4 Å². The minimum Gasteiger partial charge on any atom is -0.452 e. The lowest BCUT2D eigenvalue weighted by Crippen LogP contribution is -2.29. The van der Waals surface area contributed by atoms with Gasteiger partial charge in [0.2, 0.25) is 0 Å². The lowest BCUT2D eigenvalue weighted by Gasteiger charge is -2.03. The molecule has 0 aliphatic rings. The minimum absolute atomic E-state index is 0.374. The number of anilines is 1. The van der Waals surface area contributed by atoms with Crippen molar-refractivity contribution < 1.29 is 14.3 Å². The number of esters is 1. The van der Waals surface area contributed by atoms with Crippen LogP contribution in [0.4, 0.5) is 5.13 Å². The van der Waals surface area contributed by atoms with E-state index in [0.29, 0.717) is 5.13 Å². The quantitative estimate of drug-likeness (QED) is 0.588. The second-order valence-electron chi connectivity index (χ2n) is 4.60. The topological polar surface area (TPSA) is 134 Å². The van der Waals surface area contributed by atoms with Crippen molar-refractivity contribution in [2.45, 2.75) is 0 Å². The predicted octanol–water partition coefficient (Wildman–Crippen LogP) is 0.468. The molecule has 3 aromatic rings. The summed E-state index contributed by atoms with van der Waals surface area (Å²) in [5.74, 6) is -1.62. The Kier molecular flexibility index (Phi) is 4.20. The molecule has 0 bridgehead atoms. The van der Waals surface area contributed by atoms with Gasteiger partial charge in [-0.15, -0.1) is 0 Å². The molecule has 10 heteroatoms. The van der Waals surface area contributed by atoms with Crippen LogP contribution in [0.15, 0.2) is 40.1 Å². The molecule has 0 atom stereocenters. The van der Waals surface area contributed by atoms with Crippen molar-refractivity contribution in [3.05, 3.63) is 56.9 Å². The van der Waals surface area contributed by atoms with Crippen LogP contribution in [0, 0.1) is 0 Å². The number of amides is 1. The van der Waals surface area contributed by atoms with Gasteiger partial charge in [0, 0.05) is 6.20 Å². The van der Waals surface area contributed by atoms with Crippen molar-refractivity contribution in [2.75, 3.05) is 11.9 Å². The molecule has 0 fully saturated rings. The second-order valence-corrected chi connectivity index (χ2v) is 5.63. The van der Waals surface area contributed by atoms with Crippen molar-refractivity contribution >= 4 is 38.6 Å². The summed E-state index contributed by atoms with van der Waals surface area (Å²) < 4.78 is 5.65. The molecule has 1 aromatic carbocycles. The number of carbonyl (C=O) groups is 2. The molecule has 0 spiro atoms. The SMILES string of the molecule is O=C(COC(=O)c1c[nH]c(=O)[nH]c1=O)Nc1nc2ccccc2s1. The van der Waals surface area contributed by atoms with Crippen molar-refractivity contribution in [3.63, 3.8) is 0 Å². The Hall–Kier alpha value is -3.27. The Morgan fingerprint density at radius 3 is 2.79 bits per heavy atom. The smallest absolute Gasteiger partial charge is 0.345 e. The summed E-state index contributed by atoms with van der Waals surface area (Å²) >= 11 is 1.28. The number of H-pyrrole nitrogens is 2. The second kappa shape index (κ2) is 6.46. The number of carbonyl (C=O) groups excluding carboxylic acids is 2. The van der Waals surface area contributed by atoms with Crippen LogP contribution in [0.2, 0.25) is 0 Å². The summed E-state index contributed by atoms with van der Waals surface area (Å²) in [7, 11) is 0. The van der Waals surface area contributed by atoms with Crippen LogP contribution in [0.5, 0.6) is 0 Å². The highest BCUT2D eigenvalue weighted by molar-refractivity contribution is 7.22. The number of aromatic amines is 2. The van der Waals surface area contributed by atoms with Gasteiger partial charge in [-0.1, -0.05) is 23.5 Å². The van der Waals surface area contributed by atoms with Crippen LogP contribution >= 0.6 is 11.3 Å². The molecule has 2 aromatic heterocycles. The number of aromatic nitrogens is 3. The Morgan fingerprint density at radius 1 is 1.25 bits per heavy atom. The van der Waals surface area contributed by atoms with E-state index in [-0.39, 0.29) is 0 Å². The zero-order chi connectivity index (χ0) is 17.1. The standard InChI is InChI=1S/C14H10N4O5S/c19-10(17-14-16-8-3-1-2-4-9(8)24-14)6-23-12(21)7-5-15-13(22)18-11(7)20/h1-5H,6H2,(H,16,17,19)(H2,15,18,20,22). The third-order valence-electron chi connectivity index (χ3n) is 2.91. The van der Waals surface area contributed by atoms with Crippen molar-refractivity contribution in [3.8, 4) is 0 Å². The molecule has 0 saturated heterocycles. The number of fused-ring (bicyclic) bond motifs is 1. The number of ether oxygens (including phenoxy) is 1.